The van der Waals surface area contributed by atoms with Crippen LogP contribution in [0.2, 0.25) is 0 Å². The smallest absolute Gasteiger partial charge is 0.149 e. The molecule has 0 heterocycles. The Hall–Kier alpha value is -1.35. The number of nitrogens with one attached hydrogen (secondary N) is 1. The minimum atomic E-state index is -0.331. The molecule has 0 fully saturated rings. The number of ether oxygens (including phenoxy) is 1. The minimum Gasteiger partial charge on any atom is -0.388 e. The number of aldehydes is 1. The van der Waals surface area contributed by atoms with Gasteiger partial charge < -0.3 is 14.8 Å². The van der Waals surface area contributed by atoms with Gasteiger partial charge in [0.15, 0.2) is 0 Å². The maximum absolute atomic E-state index is 10.7. The van der Waals surface area contributed by atoms with Crippen molar-refractivity contribution in [1.29, 1.82) is 0 Å². The molecule has 0 aliphatic heterocycles. The molecule has 0 saturated carbocycles. The first kappa shape index (κ1) is 11.7. The minimum absolute atomic E-state index is 0.331. The normalized spacial score (nSPS) is 12.1. The van der Waals surface area contributed by atoms with E-state index in [-0.39, 0.29) is 6.10 Å². The van der Waals surface area contributed by atoms with E-state index in [4.69, 9.17) is 4.74 Å². The highest BCUT2D eigenvalue weighted by Gasteiger charge is 2.07. The second kappa shape index (κ2) is 6.19. The molecule has 0 saturated heterocycles. The SMILES string of the molecule is CCOC(C=O)Cc1cccc(NC)c1. The highest BCUT2D eigenvalue weighted by atomic mass is 16.5. The zero-order valence-corrected chi connectivity index (χ0v) is 9.19. The zero-order valence-electron chi connectivity index (χ0n) is 9.19. The van der Waals surface area contributed by atoms with Crippen molar-refractivity contribution in [3.05, 3.63) is 29.8 Å². The van der Waals surface area contributed by atoms with Crippen molar-refractivity contribution in [1.82, 2.24) is 0 Å². The summed E-state index contributed by atoms with van der Waals surface area (Å²) >= 11 is 0. The van der Waals surface area contributed by atoms with Crippen LogP contribution >= 0.6 is 0 Å². The van der Waals surface area contributed by atoms with Crippen molar-refractivity contribution in [2.45, 2.75) is 19.4 Å². The summed E-state index contributed by atoms with van der Waals surface area (Å²) in [7, 11) is 1.87. The molecule has 15 heavy (non-hydrogen) atoms. The van der Waals surface area contributed by atoms with Gasteiger partial charge in [-0.25, -0.2) is 0 Å². The lowest BCUT2D eigenvalue weighted by atomic mass is 10.1. The fourth-order valence-corrected chi connectivity index (χ4v) is 1.45. The summed E-state index contributed by atoms with van der Waals surface area (Å²) in [5.41, 5.74) is 2.15. The van der Waals surface area contributed by atoms with Crippen LogP contribution < -0.4 is 5.32 Å². The van der Waals surface area contributed by atoms with Crippen LogP contribution in [0.5, 0.6) is 0 Å². The molecule has 0 aliphatic rings. The molecule has 0 amide bonds. The number of benzene rings is 1. The lowest BCUT2D eigenvalue weighted by molar-refractivity contribution is -0.117. The van der Waals surface area contributed by atoms with Gasteiger partial charge in [-0.15, -0.1) is 0 Å². The molecule has 3 heteroatoms. The molecule has 1 unspecified atom stereocenters. The number of hydrogen-bond donors (Lipinski definition) is 1. The van der Waals surface area contributed by atoms with Gasteiger partial charge in [0.1, 0.15) is 12.4 Å². The van der Waals surface area contributed by atoms with E-state index in [0.717, 1.165) is 17.5 Å². The first-order valence-corrected chi connectivity index (χ1v) is 5.13. The number of anilines is 1. The van der Waals surface area contributed by atoms with Crippen molar-refractivity contribution >= 4 is 12.0 Å². The van der Waals surface area contributed by atoms with Crippen LogP contribution in [-0.4, -0.2) is 26.0 Å². The van der Waals surface area contributed by atoms with E-state index in [1.165, 1.54) is 0 Å². The summed E-state index contributed by atoms with van der Waals surface area (Å²) in [6, 6.07) is 7.97. The van der Waals surface area contributed by atoms with Crippen molar-refractivity contribution in [2.75, 3.05) is 19.0 Å². The molecule has 1 atom stereocenters. The maximum Gasteiger partial charge on any atom is 0.149 e. The van der Waals surface area contributed by atoms with Crippen molar-refractivity contribution in [2.24, 2.45) is 0 Å². The molecule has 1 N–H and O–H groups in total. The molecule has 0 aromatic heterocycles. The Labute approximate surface area is 90.4 Å². The Bertz CT molecular complexity index is 312. The summed E-state index contributed by atoms with van der Waals surface area (Å²) < 4.78 is 5.28. The highest BCUT2D eigenvalue weighted by molar-refractivity contribution is 5.57. The van der Waals surface area contributed by atoms with Gasteiger partial charge in [-0.1, -0.05) is 12.1 Å². The van der Waals surface area contributed by atoms with Crippen LogP contribution in [0, 0.1) is 0 Å². The van der Waals surface area contributed by atoms with Crippen LogP contribution in [0.4, 0.5) is 5.69 Å². The van der Waals surface area contributed by atoms with Gasteiger partial charge >= 0.3 is 0 Å². The van der Waals surface area contributed by atoms with Crippen molar-refractivity contribution < 1.29 is 9.53 Å². The van der Waals surface area contributed by atoms with Crippen molar-refractivity contribution in [3.63, 3.8) is 0 Å². The Morgan fingerprint density at radius 1 is 1.53 bits per heavy atom. The topological polar surface area (TPSA) is 38.3 Å². The third-order valence-corrected chi connectivity index (χ3v) is 2.19. The fraction of sp³-hybridized carbons (Fsp3) is 0.417. The van der Waals surface area contributed by atoms with Crippen molar-refractivity contribution in [3.8, 4) is 0 Å². The maximum atomic E-state index is 10.7. The molecule has 1 aromatic carbocycles. The van der Waals surface area contributed by atoms with E-state index in [1.54, 1.807) is 0 Å². The summed E-state index contributed by atoms with van der Waals surface area (Å²) in [4.78, 5) is 10.7. The number of carbonyl (C=O) groups is 1. The third-order valence-electron chi connectivity index (χ3n) is 2.19. The summed E-state index contributed by atoms with van der Waals surface area (Å²) in [6.07, 6.45) is 1.16. The van der Waals surface area contributed by atoms with Crippen LogP contribution in [0.3, 0.4) is 0 Å². The Morgan fingerprint density at radius 3 is 2.93 bits per heavy atom. The number of rotatable bonds is 6. The van der Waals surface area contributed by atoms with E-state index in [9.17, 15) is 4.79 Å². The zero-order chi connectivity index (χ0) is 11.1. The predicted molar refractivity (Wildman–Crippen MR) is 61.2 cm³/mol. The van der Waals surface area contributed by atoms with Crippen LogP contribution in [0.15, 0.2) is 24.3 Å². The average Bonchev–Trinajstić information content (AvgIpc) is 2.29. The molecule has 0 radical (unpaired) electrons. The van der Waals surface area contributed by atoms with Gasteiger partial charge in [0.05, 0.1) is 0 Å². The van der Waals surface area contributed by atoms with E-state index >= 15 is 0 Å². The summed E-state index contributed by atoms with van der Waals surface area (Å²) in [5.74, 6) is 0. The van der Waals surface area contributed by atoms with Crippen LogP contribution in [-0.2, 0) is 16.0 Å². The quantitative estimate of drug-likeness (QED) is 0.724. The fourth-order valence-electron chi connectivity index (χ4n) is 1.45. The Kier molecular flexibility index (Phi) is 4.84. The summed E-state index contributed by atoms with van der Waals surface area (Å²) in [6.45, 7) is 2.45. The predicted octanol–water partition coefficient (Wildman–Crippen LogP) is 1.87. The van der Waals surface area contributed by atoms with E-state index < -0.39 is 0 Å². The number of carbonyl (C=O) groups excluding carboxylic acids is 1. The molecule has 3 nitrogen and oxygen atoms in total. The Balaban J connectivity index is 2.65. The highest BCUT2D eigenvalue weighted by Crippen LogP contribution is 2.12. The second-order valence-corrected chi connectivity index (χ2v) is 3.28. The van der Waals surface area contributed by atoms with Crippen LogP contribution in [0.25, 0.3) is 0 Å². The molecular weight excluding hydrogens is 190 g/mol. The molecule has 1 aromatic rings. The van der Waals surface area contributed by atoms with E-state index in [2.05, 4.69) is 5.32 Å². The van der Waals surface area contributed by atoms with E-state index in [0.29, 0.717) is 13.0 Å². The van der Waals surface area contributed by atoms with Crippen LogP contribution in [0.1, 0.15) is 12.5 Å². The van der Waals surface area contributed by atoms with Gasteiger partial charge in [-0.2, -0.15) is 0 Å². The monoisotopic (exact) mass is 207 g/mol. The van der Waals surface area contributed by atoms with Gasteiger partial charge in [0, 0.05) is 25.8 Å². The van der Waals surface area contributed by atoms with E-state index in [1.807, 2.05) is 38.2 Å². The largest absolute Gasteiger partial charge is 0.388 e. The average molecular weight is 207 g/mol. The number of hydrogen-bond acceptors (Lipinski definition) is 3. The Morgan fingerprint density at radius 2 is 2.33 bits per heavy atom. The molecule has 0 spiro atoms. The lowest BCUT2D eigenvalue weighted by Crippen LogP contribution is -2.17. The molecule has 82 valence electrons. The van der Waals surface area contributed by atoms with Gasteiger partial charge in [0.25, 0.3) is 0 Å². The van der Waals surface area contributed by atoms with Gasteiger partial charge in [-0.05, 0) is 24.6 Å². The van der Waals surface area contributed by atoms with Gasteiger partial charge in [-0.3, -0.25) is 0 Å². The lowest BCUT2D eigenvalue weighted by Gasteiger charge is -2.11. The molecular formula is C12H17NO2. The standard InChI is InChI=1S/C12H17NO2/c1-3-15-12(9-14)8-10-5-4-6-11(7-10)13-2/h4-7,9,12-13H,3,8H2,1-2H3. The molecule has 1 rings (SSSR count). The molecule has 0 aliphatic carbocycles. The molecule has 0 bridgehead atoms. The summed E-state index contributed by atoms with van der Waals surface area (Å²) in [5, 5.41) is 3.06. The third kappa shape index (κ3) is 3.72. The first-order valence-electron chi connectivity index (χ1n) is 5.13. The second-order valence-electron chi connectivity index (χ2n) is 3.28. The van der Waals surface area contributed by atoms with Gasteiger partial charge in [0.2, 0.25) is 0 Å². The first-order chi connectivity index (χ1) is 7.30.